The van der Waals surface area contributed by atoms with Crippen molar-refractivity contribution in [1.82, 2.24) is 4.68 Å². The van der Waals surface area contributed by atoms with Gasteiger partial charge in [0, 0.05) is 25.7 Å². The molecule has 1 heterocycles. The van der Waals surface area contributed by atoms with Gasteiger partial charge in [0.25, 0.3) is 5.91 Å². The highest BCUT2D eigenvalue weighted by molar-refractivity contribution is 9.10. The zero-order chi connectivity index (χ0) is 23.5. The molecule has 0 atom stereocenters. The van der Waals surface area contributed by atoms with Crippen molar-refractivity contribution in [2.45, 2.75) is 6.92 Å². The molecule has 3 aromatic carbocycles. The number of aromatic nitrogens is 1. The zero-order valence-corrected chi connectivity index (χ0v) is 20.5. The van der Waals surface area contributed by atoms with Crippen molar-refractivity contribution in [2.24, 2.45) is 0 Å². The van der Waals surface area contributed by atoms with Crippen LogP contribution in [0.1, 0.15) is 16.1 Å². The van der Waals surface area contributed by atoms with Crippen LogP contribution >= 0.6 is 31.9 Å². The van der Waals surface area contributed by atoms with Gasteiger partial charge in [0.2, 0.25) is 0 Å². The maximum Gasteiger partial charge on any atom is 0.328 e. The SMILES string of the molecule is Cc1cc(NC(=O)C(=O)Nn2c(C(=O)Nc3ccccc3)cc3cc(Br)ccc32)ccc1Br. The predicted molar refractivity (Wildman–Crippen MR) is 136 cm³/mol. The summed E-state index contributed by atoms with van der Waals surface area (Å²) in [6.07, 6.45) is 0. The maximum atomic E-state index is 13.0. The number of fused-ring (bicyclic) bond motifs is 1. The van der Waals surface area contributed by atoms with Crippen molar-refractivity contribution in [1.29, 1.82) is 0 Å². The largest absolute Gasteiger partial charge is 0.328 e. The second-order valence-electron chi connectivity index (χ2n) is 7.25. The van der Waals surface area contributed by atoms with Gasteiger partial charge in [0.05, 0.1) is 5.52 Å². The van der Waals surface area contributed by atoms with Gasteiger partial charge >= 0.3 is 11.8 Å². The lowest BCUT2D eigenvalue weighted by Crippen LogP contribution is -2.36. The Balaban J connectivity index is 1.62. The van der Waals surface area contributed by atoms with Gasteiger partial charge in [-0.1, -0.05) is 50.1 Å². The van der Waals surface area contributed by atoms with E-state index in [1.807, 2.05) is 19.1 Å². The number of anilines is 2. The van der Waals surface area contributed by atoms with Gasteiger partial charge in [-0.3, -0.25) is 19.8 Å². The van der Waals surface area contributed by atoms with Crippen LogP contribution in [0.25, 0.3) is 10.9 Å². The average Bonchev–Trinajstić information content (AvgIpc) is 3.14. The Morgan fingerprint density at radius 1 is 0.788 bits per heavy atom. The lowest BCUT2D eigenvalue weighted by atomic mass is 10.2. The summed E-state index contributed by atoms with van der Waals surface area (Å²) in [5.41, 5.74) is 5.29. The Bertz CT molecular complexity index is 1380. The van der Waals surface area contributed by atoms with E-state index in [0.29, 0.717) is 22.3 Å². The van der Waals surface area contributed by atoms with Crippen molar-refractivity contribution in [3.63, 3.8) is 0 Å². The second kappa shape index (κ2) is 9.60. The molecule has 3 amide bonds. The van der Waals surface area contributed by atoms with Crippen molar-refractivity contribution >= 4 is 71.9 Å². The monoisotopic (exact) mass is 568 g/mol. The molecule has 0 saturated carbocycles. The van der Waals surface area contributed by atoms with Crippen LogP contribution in [0.2, 0.25) is 0 Å². The molecule has 0 fully saturated rings. The molecule has 1 aromatic heterocycles. The minimum atomic E-state index is -0.912. The van der Waals surface area contributed by atoms with E-state index in [1.54, 1.807) is 60.7 Å². The van der Waals surface area contributed by atoms with Crippen LogP contribution in [-0.2, 0) is 9.59 Å². The number of carbonyl (C=O) groups excluding carboxylic acids is 3. The molecular weight excluding hydrogens is 552 g/mol. The molecule has 0 unspecified atom stereocenters. The summed E-state index contributed by atoms with van der Waals surface area (Å²) in [7, 11) is 0. The first-order valence-corrected chi connectivity index (χ1v) is 11.5. The fraction of sp³-hybridized carbons (Fsp3) is 0.0417. The smallest absolute Gasteiger partial charge is 0.321 e. The van der Waals surface area contributed by atoms with Crippen LogP contribution in [0.3, 0.4) is 0 Å². The minimum absolute atomic E-state index is 0.174. The van der Waals surface area contributed by atoms with E-state index in [2.05, 4.69) is 47.9 Å². The molecule has 0 saturated heterocycles. The molecule has 0 aliphatic rings. The summed E-state index contributed by atoms with van der Waals surface area (Å²) in [6, 6.07) is 21.2. The van der Waals surface area contributed by atoms with Crippen LogP contribution in [0.4, 0.5) is 11.4 Å². The quantitative estimate of drug-likeness (QED) is 0.286. The third-order valence-electron chi connectivity index (χ3n) is 4.86. The maximum absolute atomic E-state index is 13.0. The van der Waals surface area contributed by atoms with E-state index in [1.165, 1.54) is 4.68 Å². The zero-order valence-electron chi connectivity index (χ0n) is 17.4. The molecule has 0 aliphatic carbocycles. The average molecular weight is 570 g/mol. The standard InChI is InChI=1S/C24H18Br2N4O3/c1-14-11-18(8-9-19(14)26)28-23(32)24(33)29-30-20-10-7-16(25)12-15(20)13-21(30)22(31)27-17-5-3-2-4-6-17/h2-13H,1H3,(H,27,31)(H,28,32)(H,29,33). The number of hydrogen-bond donors (Lipinski definition) is 3. The third-order valence-corrected chi connectivity index (χ3v) is 6.25. The summed E-state index contributed by atoms with van der Waals surface area (Å²) >= 11 is 6.82. The van der Waals surface area contributed by atoms with E-state index in [-0.39, 0.29) is 5.69 Å². The molecule has 4 rings (SSSR count). The van der Waals surface area contributed by atoms with Gasteiger partial charge in [-0.15, -0.1) is 0 Å². The molecule has 7 nitrogen and oxygen atoms in total. The Morgan fingerprint density at radius 2 is 1.55 bits per heavy atom. The Hall–Kier alpha value is -3.43. The first kappa shape index (κ1) is 22.8. The fourth-order valence-corrected chi connectivity index (χ4v) is 3.88. The van der Waals surface area contributed by atoms with E-state index in [9.17, 15) is 14.4 Å². The lowest BCUT2D eigenvalue weighted by molar-refractivity contribution is -0.133. The van der Waals surface area contributed by atoms with Gasteiger partial charge < -0.3 is 10.6 Å². The van der Waals surface area contributed by atoms with Crippen LogP contribution in [0.5, 0.6) is 0 Å². The Labute approximate surface area is 206 Å². The van der Waals surface area contributed by atoms with Gasteiger partial charge in [-0.25, -0.2) is 4.68 Å². The first-order chi connectivity index (χ1) is 15.8. The topological polar surface area (TPSA) is 92.2 Å². The van der Waals surface area contributed by atoms with Gasteiger partial charge in [-0.05, 0) is 67.1 Å². The summed E-state index contributed by atoms with van der Waals surface area (Å²) < 4.78 is 3.02. The number of benzene rings is 3. The number of halogens is 2. The highest BCUT2D eigenvalue weighted by atomic mass is 79.9. The van der Waals surface area contributed by atoms with E-state index in [0.717, 1.165) is 14.5 Å². The molecule has 4 aromatic rings. The molecular formula is C24H18Br2N4O3. The van der Waals surface area contributed by atoms with Crippen LogP contribution in [-0.4, -0.2) is 22.4 Å². The van der Waals surface area contributed by atoms with Crippen molar-refractivity contribution < 1.29 is 14.4 Å². The fourth-order valence-electron chi connectivity index (χ4n) is 3.25. The first-order valence-electron chi connectivity index (χ1n) is 9.88. The number of nitrogens with zero attached hydrogens (tertiary/aromatic N) is 1. The number of hydrogen-bond acceptors (Lipinski definition) is 3. The van der Waals surface area contributed by atoms with Crippen LogP contribution in [0.15, 0.2) is 81.7 Å². The molecule has 0 radical (unpaired) electrons. The molecule has 0 spiro atoms. The van der Waals surface area contributed by atoms with E-state index < -0.39 is 17.7 Å². The normalized spacial score (nSPS) is 10.6. The summed E-state index contributed by atoms with van der Waals surface area (Å²) in [4.78, 5) is 38.3. The number of amides is 3. The molecule has 166 valence electrons. The van der Waals surface area contributed by atoms with Crippen molar-refractivity contribution in [3.8, 4) is 0 Å². The van der Waals surface area contributed by atoms with E-state index in [4.69, 9.17) is 0 Å². The summed E-state index contributed by atoms with van der Waals surface area (Å²) in [5.74, 6) is -2.20. The minimum Gasteiger partial charge on any atom is -0.321 e. The highest BCUT2D eigenvalue weighted by Crippen LogP contribution is 2.24. The highest BCUT2D eigenvalue weighted by Gasteiger charge is 2.21. The van der Waals surface area contributed by atoms with Crippen molar-refractivity contribution in [2.75, 3.05) is 16.1 Å². The predicted octanol–water partition coefficient (Wildman–Crippen LogP) is 5.44. The van der Waals surface area contributed by atoms with E-state index >= 15 is 0 Å². The number of rotatable bonds is 4. The number of carbonyl (C=O) groups is 3. The van der Waals surface area contributed by atoms with Gasteiger partial charge in [-0.2, -0.15) is 0 Å². The van der Waals surface area contributed by atoms with Gasteiger partial charge in [0.1, 0.15) is 5.69 Å². The third kappa shape index (κ3) is 5.15. The molecule has 0 aliphatic heterocycles. The lowest BCUT2D eigenvalue weighted by Gasteiger charge is -2.13. The summed E-state index contributed by atoms with van der Waals surface area (Å²) in [5, 5.41) is 6.09. The molecule has 0 bridgehead atoms. The number of nitrogens with one attached hydrogen (secondary N) is 3. The molecule has 9 heteroatoms. The van der Waals surface area contributed by atoms with Gasteiger partial charge in [0.15, 0.2) is 0 Å². The Kier molecular flexibility index (Phi) is 6.62. The Morgan fingerprint density at radius 3 is 2.27 bits per heavy atom. The molecule has 33 heavy (non-hydrogen) atoms. The summed E-state index contributed by atoms with van der Waals surface area (Å²) in [6.45, 7) is 1.88. The number of para-hydroxylation sites is 1. The second-order valence-corrected chi connectivity index (χ2v) is 9.02. The van der Waals surface area contributed by atoms with Crippen molar-refractivity contribution in [3.05, 3.63) is 93.0 Å². The van der Waals surface area contributed by atoms with Crippen LogP contribution in [0, 0.1) is 6.92 Å². The van der Waals surface area contributed by atoms with Crippen LogP contribution < -0.4 is 16.1 Å². The molecule has 3 N–H and O–H groups in total. The number of aryl methyl sites for hydroxylation is 1.